The lowest BCUT2D eigenvalue weighted by Gasteiger charge is -2.43. The normalized spacial score (nSPS) is 22.1. The number of allylic oxidation sites excluding steroid dienone is 1. The Hall–Kier alpha value is -1.33. The number of nitrogens with zero attached hydrogens (tertiary/aromatic N) is 2. The molecule has 6 heteroatoms. The van der Waals surface area contributed by atoms with Gasteiger partial charge in [-0.1, -0.05) is 6.07 Å². The molecule has 1 saturated heterocycles. The number of aromatic nitrogens is 1. The molecule has 1 fully saturated rings. The van der Waals surface area contributed by atoms with Gasteiger partial charge < -0.3 is 0 Å². The number of β-lactam (4-membered cyclic amide) rings is 1. The van der Waals surface area contributed by atoms with Crippen LogP contribution in [0, 0.1) is 0 Å². The van der Waals surface area contributed by atoms with Crippen molar-refractivity contribution in [3.63, 3.8) is 0 Å². The predicted molar refractivity (Wildman–Crippen MR) is 72.2 cm³/mol. The summed E-state index contributed by atoms with van der Waals surface area (Å²) in [5.41, 5.74) is 1.29. The zero-order valence-electron chi connectivity index (χ0n) is 10.1. The molecule has 2 aliphatic heterocycles. The third-order valence-corrected chi connectivity index (χ3v) is 4.72. The van der Waals surface area contributed by atoms with E-state index < -0.39 is 5.24 Å². The van der Waals surface area contributed by atoms with Crippen molar-refractivity contribution < 1.29 is 14.2 Å². The minimum Gasteiger partial charge on any atom is -0.295 e. The minimum atomic E-state index is -0.537. The fourth-order valence-corrected chi connectivity index (χ4v) is 3.82. The Bertz CT molecular complexity index is 573. The summed E-state index contributed by atoms with van der Waals surface area (Å²) >= 11 is 7.36. The summed E-state index contributed by atoms with van der Waals surface area (Å²) in [5, 5.41) is -0.445. The van der Waals surface area contributed by atoms with Crippen molar-refractivity contribution in [3.05, 3.63) is 41.9 Å². The zero-order valence-corrected chi connectivity index (χ0v) is 11.7. The van der Waals surface area contributed by atoms with E-state index in [1.807, 2.05) is 35.2 Å². The number of fused-ring (bicyclic) bond motifs is 1. The first kappa shape index (κ1) is 12.7. The van der Waals surface area contributed by atoms with E-state index in [1.54, 1.807) is 16.7 Å². The van der Waals surface area contributed by atoms with E-state index in [0.717, 1.165) is 11.3 Å². The summed E-state index contributed by atoms with van der Waals surface area (Å²) in [4.78, 5) is 24.8. The van der Waals surface area contributed by atoms with Crippen LogP contribution in [0.4, 0.5) is 0 Å². The highest BCUT2D eigenvalue weighted by molar-refractivity contribution is 8.00. The lowest BCUT2D eigenvalue weighted by atomic mass is 10.1. The smallest absolute Gasteiger partial charge is 0.269 e. The first-order valence-corrected chi connectivity index (χ1v) is 7.39. The highest BCUT2D eigenvalue weighted by Crippen LogP contribution is 2.40. The average molecular weight is 296 g/mol. The molecule has 19 heavy (non-hydrogen) atoms. The largest absolute Gasteiger partial charge is 0.295 e. The minimum absolute atomic E-state index is 0.0169. The SMILES string of the molecule is O=C(Cl)C1=C(C[n+]2ccccc2)CS[C@@H]2CC(=O)N12. The lowest BCUT2D eigenvalue weighted by molar-refractivity contribution is -0.689. The maximum absolute atomic E-state index is 11.6. The van der Waals surface area contributed by atoms with Crippen molar-refractivity contribution in [2.24, 2.45) is 0 Å². The van der Waals surface area contributed by atoms with E-state index in [1.165, 1.54) is 0 Å². The zero-order chi connectivity index (χ0) is 13.4. The van der Waals surface area contributed by atoms with Crippen LogP contribution < -0.4 is 4.57 Å². The number of pyridine rings is 1. The molecule has 0 N–H and O–H groups in total. The van der Waals surface area contributed by atoms with E-state index in [-0.39, 0.29) is 11.3 Å². The molecule has 4 nitrogen and oxygen atoms in total. The second-order valence-electron chi connectivity index (χ2n) is 4.51. The van der Waals surface area contributed by atoms with Gasteiger partial charge in [-0.15, -0.1) is 11.8 Å². The predicted octanol–water partition coefficient (Wildman–Crippen LogP) is 1.30. The molecule has 3 heterocycles. The lowest BCUT2D eigenvalue weighted by Crippen LogP contribution is -2.54. The van der Waals surface area contributed by atoms with Crippen LogP contribution in [-0.4, -0.2) is 27.2 Å². The highest BCUT2D eigenvalue weighted by atomic mass is 35.5. The van der Waals surface area contributed by atoms with Crippen LogP contribution in [-0.2, 0) is 16.1 Å². The summed E-state index contributed by atoms with van der Waals surface area (Å²) in [6, 6.07) is 5.79. The van der Waals surface area contributed by atoms with Crippen molar-refractivity contribution in [3.8, 4) is 0 Å². The Morgan fingerprint density at radius 2 is 2.16 bits per heavy atom. The van der Waals surface area contributed by atoms with Crippen molar-refractivity contribution in [1.29, 1.82) is 0 Å². The molecular weight excluding hydrogens is 284 g/mol. The van der Waals surface area contributed by atoms with Crippen LogP contribution in [0.2, 0.25) is 0 Å². The standard InChI is InChI=1S/C13H12ClN2O2S/c14-13(18)12-9(7-15-4-2-1-3-5-15)8-19-11-6-10(17)16(11)12/h1-5,11H,6-8H2/q+1/t11-/m1/s1. The maximum atomic E-state index is 11.6. The summed E-state index contributed by atoms with van der Waals surface area (Å²) in [6.45, 7) is 0.581. The van der Waals surface area contributed by atoms with Crippen LogP contribution in [0.3, 0.4) is 0 Å². The first-order valence-electron chi connectivity index (χ1n) is 5.96. The van der Waals surface area contributed by atoms with E-state index in [4.69, 9.17) is 11.6 Å². The molecule has 1 atom stereocenters. The Balaban J connectivity index is 1.94. The van der Waals surface area contributed by atoms with Crippen molar-refractivity contribution >= 4 is 34.5 Å². The monoisotopic (exact) mass is 295 g/mol. The van der Waals surface area contributed by atoms with Gasteiger partial charge in [-0.3, -0.25) is 14.5 Å². The fourth-order valence-electron chi connectivity index (χ4n) is 2.34. The third-order valence-electron chi connectivity index (χ3n) is 3.27. The van der Waals surface area contributed by atoms with Crippen LogP contribution in [0.1, 0.15) is 6.42 Å². The first-order chi connectivity index (χ1) is 9.16. The average Bonchev–Trinajstić information content (AvgIpc) is 2.39. The van der Waals surface area contributed by atoms with Crippen LogP contribution >= 0.6 is 23.4 Å². The number of thioether (sulfide) groups is 1. The molecule has 1 amide bonds. The number of hydrogen-bond acceptors (Lipinski definition) is 3. The number of carbonyl (C=O) groups is 2. The second kappa shape index (κ2) is 4.98. The van der Waals surface area contributed by atoms with E-state index in [2.05, 4.69) is 0 Å². The number of halogens is 1. The van der Waals surface area contributed by atoms with Gasteiger partial charge in [0.05, 0.1) is 11.8 Å². The number of rotatable bonds is 3. The van der Waals surface area contributed by atoms with E-state index in [9.17, 15) is 9.59 Å². The Morgan fingerprint density at radius 1 is 1.42 bits per heavy atom. The molecule has 0 radical (unpaired) electrons. The van der Waals surface area contributed by atoms with Gasteiger partial charge in [0.15, 0.2) is 18.9 Å². The second-order valence-corrected chi connectivity index (χ2v) is 6.02. The molecule has 1 aromatic heterocycles. The van der Waals surface area contributed by atoms with Crippen molar-refractivity contribution in [1.82, 2.24) is 4.90 Å². The van der Waals surface area contributed by atoms with Gasteiger partial charge in [-0.05, 0) is 11.6 Å². The van der Waals surface area contributed by atoms with Crippen LogP contribution in [0.15, 0.2) is 41.9 Å². The van der Waals surface area contributed by atoms with Gasteiger partial charge in [-0.25, -0.2) is 4.57 Å². The quantitative estimate of drug-likeness (QED) is 0.479. The molecule has 0 bridgehead atoms. The fraction of sp³-hybridized carbons (Fsp3) is 0.308. The number of hydrogen-bond donors (Lipinski definition) is 0. The summed E-state index contributed by atoms with van der Waals surface area (Å²) in [6.07, 6.45) is 4.36. The van der Waals surface area contributed by atoms with Gasteiger partial charge in [0.1, 0.15) is 5.70 Å². The third kappa shape index (κ3) is 2.28. The van der Waals surface area contributed by atoms with Gasteiger partial charge in [0, 0.05) is 23.5 Å². The van der Waals surface area contributed by atoms with Gasteiger partial charge >= 0.3 is 0 Å². The highest BCUT2D eigenvalue weighted by Gasteiger charge is 2.45. The molecule has 0 aromatic carbocycles. The van der Waals surface area contributed by atoms with Crippen LogP contribution in [0.5, 0.6) is 0 Å². The molecule has 98 valence electrons. The summed E-state index contributed by atoms with van der Waals surface area (Å²) < 4.78 is 1.97. The Kier molecular flexibility index (Phi) is 3.33. The molecule has 2 aliphatic rings. The number of amides is 1. The summed E-state index contributed by atoms with van der Waals surface area (Å²) in [7, 11) is 0. The Labute approximate surface area is 120 Å². The Morgan fingerprint density at radius 3 is 2.79 bits per heavy atom. The molecule has 1 aromatic rings. The topological polar surface area (TPSA) is 41.3 Å². The molecule has 0 unspecified atom stereocenters. The van der Waals surface area contributed by atoms with Gasteiger partial charge in [0.2, 0.25) is 5.91 Å². The van der Waals surface area contributed by atoms with Gasteiger partial charge in [-0.2, -0.15) is 0 Å². The van der Waals surface area contributed by atoms with E-state index in [0.29, 0.717) is 18.7 Å². The maximum Gasteiger partial charge on any atom is 0.269 e. The molecule has 0 spiro atoms. The van der Waals surface area contributed by atoms with Crippen LogP contribution in [0.25, 0.3) is 0 Å². The van der Waals surface area contributed by atoms with E-state index >= 15 is 0 Å². The van der Waals surface area contributed by atoms with Crippen molar-refractivity contribution in [2.45, 2.75) is 18.3 Å². The molecule has 3 rings (SSSR count). The number of carbonyl (C=O) groups excluding carboxylic acids is 2. The van der Waals surface area contributed by atoms with Crippen molar-refractivity contribution in [2.75, 3.05) is 5.75 Å². The molecule has 0 aliphatic carbocycles. The molecule has 0 saturated carbocycles. The van der Waals surface area contributed by atoms with Gasteiger partial charge in [0.25, 0.3) is 5.24 Å². The molecular formula is C13H12ClN2O2S+. The summed E-state index contributed by atoms with van der Waals surface area (Å²) in [5.74, 6) is 0.723.